The van der Waals surface area contributed by atoms with Crippen LogP contribution in [0.15, 0.2) is 0 Å². The van der Waals surface area contributed by atoms with Crippen molar-refractivity contribution in [1.82, 2.24) is 4.90 Å². The van der Waals surface area contributed by atoms with Crippen molar-refractivity contribution < 1.29 is 23.9 Å². The molecule has 6 nitrogen and oxygen atoms in total. The zero-order valence-electron chi connectivity index (χ0n) is 16.9. The summed E-state index contributed by atoms with van der Waals surface area (Å²) in [6, 6.07) is 0. The van der Waals surface area contributed by atoms with E-state index in [1.165, 1.54) is 4.90 Å². The van der Waals surface area contributed by atoms with E-state index in [9.17, 15) is 14.7 Å². The minimum atomic E-state index is -2.17. The summed E-state index contributed by atoms with van der Waals surface area (Å²) in [5, 5.41) is 9.34. The topological polar surface area (TPSA) is 76.1 Å². The van der Waals surface area contributed by atoms with Gasteiger partial charge in [-0.3, -0.25) is 4.79 Å². The average molecular weight is 362 g/mol. The van der Waals surface area contributed by atoms with Crippen LogP contribution in [0.25, 0.3) is 0 Å². The van der Waals surface area contributed by atoms with Gasteiger partial charge in [-0.25, -0.2) is 4.79 Å². The molecule has 0 fully saturated rings. The maximum absolute atomic E-state index is 12.2. The summed E-state index contributed by atoms with van der Waals surface area (Å²) >= 11 is 0. The molecule has 0 heterocycles. The van der Waals surface area contributed by atoms with Crippen LogP contribution in [0.4, 0.5) is 4.79 Å². The van der Waals surface area contributed by atoms with E-state index in [1.807, 2.05) is 0 Å². The van der Waals surface area contributed by atoms with Crippen LogP contribution in [0, 0.1) is 5.92 Å². The zero-order valence-corrected chi connectivity index (χ0v) is 17.9. The van der Waals surface area contributed by atoms with Gasteiger partial charge in [-0.05, 0) is 45.8 Å². The predicted molar refractivity (Wildman–Crippen MR) is 97.7 cm³/mol. The van der Waals surface area contributed by atoms with E-state index in [-0.39, 0.29) is 11.6 Å². The van der Waals surface area contributed by atoms with Gasteiger partial charge in [0.05, 0.1) is 12.0 Å². The van der Waals surface area contributed by atoms with Crippen LogP contribution in [0.1, 0.15) is 48.5 Å². The van der Waals surface area contributed by atoms with Crippen LogP contribution in [0.3, 0.4) is 0 Å². The molecule has 0 aromatic rings. The number of carboxylic acid groups (broad SMARTS) is 1. The Bertz CT molecular complexity index is 451. The summed E-state index contributed by atoms with van der Waals surface area (Å²) in [4.78, 5) is 25.0. The van der Waals surface area contributed by atoms with Crippen molar-refractivity contribution in [2.24, 2.45) is 5.92 Å². The van der Waals surface area contributed by atoms with Gasteiger partial charge >= 0.3 is 12.1 Å². The number of carbonyl (C=O) groups is 2. The van der Waals surface area contributed by atoms with Crippen LogP contribution in [-0.2, 0) is 14.0 Å². The number of amides is 1. The van der Waals surface area contributed by atoms with Gasteiger partial charge in [0.2, 0.25) is 0 Å². The molecule has 0 aliphatic carbocycles. The molecule has 0 aliphatic rings. The number of likely N-dealkylation sites (N-methyl/N-ethyl adjacent to an activating group) is 1. The van der Waals surface area contributed by atoms with Crippen LogP contribution < -0.4 is 0 Å². The van der Waals surface area contributed by atoms with E-state index in [0.29, 0.717) is 0 Å². The summed E-state index contributed by atoms with van der Waals surface area (Å²) in [6.07, 6.45) is -1.06. The maximum atomic E-state index is 12.2. The Hall–Kier alpha value is -1.08. The van der Waals surface area contributed by atoms with Gasteiger partial charge < -0.3 is 19.2 Å². The first-order valence-corrected chi connectivity index (χ1v) is 11.2. The Kier molecular flexibility index (Phi) is 7.51. The minimum absolute atomic E-state index is 0.0477. The molecule has 24 heavy (non-hydrogen) atoms. The van der Waals surface area contributed by atoms with E-state index in [4.69, 9.17) is 9.16 Å². The molecule has 2 atom stereocenters. The third-order valence-corrected chi connectivity index (χ3v) is 8.86. The van der Waals surface area contributed by atoms with Crippen molar-refractivity contribution in [2.45, 2.75) is 78.3 Å². The quantitative estimate of drug-likeness (QED) is 0.725. The van der Waals surface area contributed by atoms with Crippen molar-refractivity contribution in [3.8, 4) is 0 Å². The van der Waals surface area contributed by atoms with E-state index < -0.39 is 38.0 Å². The number of rotatable bonds is 6. The summed E-state index contributed by atoms with van der Waals surface area (Å²) in [7, 11) is -0.565. The number of hydrogen-bond donors (Lipinski definition) is 1. The smallest absolute Gasteiger partial charge is 0.410 e. The normalized spacial score (nSPS) is 15.6. The fourth-order valence-electron chi connectivity index (χ4n) is 1.70. The Morgan fingerprint density at radius 3 is 1.92 bits per heavy atom. The van der Waals surface area contributed by atoms with Crippen molar-refractivity contribution in [3.05, 3.63) is 0 Å². The highest BCUT2D eigenvalue weighted by atomic mass is 28.4. The van der Waals surface area contributed by atoms with Gasteiger partial charge in [0.25, 0.3) is 0 Å². The molecule has 0 aliphatic heterocycles. The molecule has 7 heteroatoms. The molecule has 0 aromatic carbocycles. The summed E-state index contributed by atoms with van der Waals surface area (Å²) < 4.78 is 11.6. The highest BCUT2D eigenvalue weighted by molar-refractivity contribution is 6.74. The molecule has 1 amide bonds. The van der Waals surface area contributed by atoms with Gasteiger partial charge in [0.15, 0.2) is 8.32 Å². The molecule has 142 valence electrons. The first-order valence-electron chi connectivity index (χ1n) is 8.32. The summed E-state index contributed by atoms with van der Waals surface area (Å²) in [5.74, 6) is -1.65. The monoisotopic (exact) mass is 361 g/mol. The Labute approximate surface area is 147 Å². The highest BCUT2D eigenvalue weighted by Crippen LogP contribution is 2.38. The van der Waals surface area contributed by atoms with Gasteiger partial charge in [0, 0.05) is 13.6 Å². The SMILES string of the molecule is C[C@@H](C(=O)O)[C@H](CN(C)C(=O)OC(C)(C)C)O[Si](C)(C)C(C)(C)C. The van der Waals surface area contributed by atoms with Crippen molar-refractivity contribution in [3.63, 3.8) is 0 Å². The molecule has 0 radical (unpaired) electrons. The molecule has 0 bridgehead atoms. The van der Waals surface area contributed by atoms with Gasteiger partial charge in [-0.15, -0.1) is 0 Å². The number of ether oxygens (including phenoxy) is 1. The van der Waals surface area contributed by atoms with Crippen LogP contribution in [0.5, 0.6) is 0 Å². The Morgan fingerprint density at radius 1 is 1.12 bits per heavy atom. The van der Waals surface area contributed by atoms with E-state index >= 15 is 0 Å². The molecular formula is C17H35NO5Si. The van der Waals surface area contributed by atoms with Crippen molar-refractivity contribution in [1.29, 1.82) is 0 Å². The molecule has 0 saturated carbocycles. The summed E-state index contributed by atoms with van der Waals surface area (Å²) in [6.45, 7) is 17.6. The first kappa shape index (κ1) is 22.9. The van der Waals surface area contributed by atoms with Crippen LogP contribution >= 0.6 is 0 Å². The molecule has 0 spiro atoms. The molecule has 0 unspecified atom stereocenters. The van der Waals surface area contributed by atoms with E-state index in [0.717, 1.165) is 0 Å². The Balaban J connectivity index is 5.24. The van der Waals surface area contributed by atoms with Gasteiger partial charge in [-0.1, -0.05) is 20.8 Å². The molecule has 1 N–H and O–H groups in total. The number of nitrogens with zero attached hydrogens (tertiary/aromatic N) is 1. The highest BCUT2D eigenvalue weighted by Gasteiger charge is 2.42. The second-order valence-corrected chi connectivity index (χ2v) is 13.7. The Morgan fingerprint density at radius 2 is 1.58 bits per heavy atom. The third-order valence-electron chi connectivity index (χ3n) is 4.36. The van der Waals surface area contributed by atoms with Crippen molar-refractivity contribution >= 4 is 20.4 Å². The first-order chi connectivity index (χ1) is 10.5. The van der Waals surface area contributed by atoms with Gasteiger partial charge in [0.1, 0.15) is 5.60 Å². The lowest BCUT2D eigenvalue weighted by Gasteiger charge is -2.41. The lowest BCUT2D eigenvalue weighted by atomic mass is 10.1. The lowest BCUT2D eigenvalue weighted by molar-refractivity contribution is -0.144. The van der Waals surface area contributed by atoms with E-state index in [2.05, 4.69) is 33.9 Å². The number of carboxylic acids is 1. The van der Waals surface area contributed by atoms with Gasteiger partial charge in [-0.2, -0.15) is 0 Å². The molecule has 0 aromatic heterocycles. The number of aliphatic carboxylic acids is 1. The van der Waals surface area contributed by atoms with Crippen LogP contribution in [-0.4, -0.2) is 55.7 Å². The third kappa shape index (κ3) is 7.21. The minimum Gasteiger partial charge on any atom is -0.481 e. The number of carbonyl (C=O) groups excluding carboxylic acids is 1. The van der Waals surface area contributed by atoms with Crippen LogP contribution in [0.2, 0.25) is 18.1 Å². The fraction of sp³-hybridized carbons (Fsp3) is 0.882. The summed E-state index contributed by atoms with van der Waals surface area (Å²) in [5.41, 5.74) is -0.598. The lowest BCUT2D eigenvalue weighted by Crippen LogP contribution is -2.50. The second kappa shape index (κ2) is 7.87. The average Bonchev–Trinajstić information content (AvgIpc) is 2.32. The standard InChI is InChI=1S/C17H35NO5Si/c1-12(14(19)20)13(23-24(9,10)17(5,6)7)11-18(8)15(21)22-16(2,3)4/h12-13H,11H2,1-10H3,(H,19,20)/t12-,13+/m1/s1. The maximum Gasteiger partial charge on any atom is 0.410 e. The van der Waals surface area contributed by atoms with Crippen molar-refractivity contribution in [2.75, 3.05) is 13.6 Å². The molecule has 0 saturated heterocycles. The largest absolute Gasteiger partial charge is 0.481 e. The fourth-order valence-corrected chi connectivity index (χ4v) is 3.09. The zero-order chi connectivity index (χ0) is 19.5. The van der Waals surface area contributed by atoms with E-state index in [1.54, 1.807) is 34.7 Å². The predicted octanol–water partition coefficient (Wildman–Crippen LogP) is 3.96. The number of hydrogen-bond acceptors (Lipinski definition) is 4. The molecule has 0 rings (SSSR count). The molecular weight excluding hydrogens is 326 g/mol. The second-order valence-electron chi connectivity index (χ2n) is 8.90.